The number of hydrogen-bond donors (Lipinski definition) is 2. The van der Waals surface area contributed by atoms with E-state index in [0.29, 0.717) is 6.54 Å². The van der Waals surface area contributed by atoms with Crippen LogP contribution in [0.1, 0.15) is 31.9 Å². The van der Waals surface area contributed by atoms with E-state index in [1.54, 1.807) is 7.11 Å². The van der Waals surface area contributed by atoms with Crippen molar-refractivity contribution in [2.24, 2.45) is 0 Å². The van der Waals surface area contributed by atoms with Gasteiger partial charge in [-0.15, -0.1) is 0 Å². The average Bonchev–Trinajstić information content (AvgIpc) is 2.82. The number of rotatable bonds is 3. The van der Waals surface area contributed by atoms with Crippen LogP contribution >= 0.6 is 0 Å². The van der Waals surface area contributed by atoms with Gasteiger partial charge < -0.3 is 15.4 Å². The van der Waals surface area contributed by atoms with Gasteiger partial charge in [-0.25, -0.2) is 0 Å². The Morgan fingerprint density at radius 1 is 1.14 bits per heavy atom. The van der Waals surface area contributed by atoms with E-state index in [0.717, 1.165) is 12.8 Å². The number of fused-ring (bicyclic) bond motifs is 1. The highest BCUT2D eigenvalue weighted by Crippen LogP contribution is 2.31. The summed E-state index contributed by atoms with van der Waals surface area (Å²) in [5.41, 5.74) is 1.56. The molecule has 22 heavy (non-hydrogen) atoms. The number of amides is 2. The van der Waals surface area contributed by atoms with Crippen molar-refractivity contribution in [1.29, 1.82) is 0 Å². The monoisotopic (exact) mass is 304 g/mol. The summed E-state index contributed by atoms with van der Waals surface area (Å²) in [6.07, 6.45) is 1.47. The van der Waals surface area contributed by atoms with Crippen LogP contribution in [-0.4, -0.2) is 36.6 Å². The summed E-state index contributed by atoms with van der Waals surface area (Å²) < 4.78 is 5.67. The summed E-state index contributed by atoms with van der Waals surface area (Å²) in [5.74, 6) is -1.24. The molecule has 1 aromatic rings. The Kier molecular flexibility index (Phi) is 4.56. The minimum atomic E-state index is -0.623. The fourth-order valence-electron chi connectivity index (χ4n) is 2.72. The van der Waals surface area contributed by atoms with Gasteiger partial charge in [0.2, 0.25) is 0 Å². The molecule has 0 spiro atoms. The quantitative estimate of drug-likeness (QED) is 0.825. The molecule has 0 heterocycles. The molecule has 2 N–H and O–H groups in total. The van der Waals surface area contributed by atoms with Gasteiger partial charge >= 0.3 is 11.8 Å². The highest BCUT2D eigenvalue weighted by Gasteiger charge is 2.38. The second-order valence-corrected chi connectivity index (χ2v) is 6.90. The normalized spacial score (nSPS) is 16.0. The first-order valence-electron chi connectivity index (χ1n) is 7.47. The number of benzene rings is 1. The Hall–Kier alpha value is -1.88. The molecule has 5 nitrogen and oxygen atoms in total. The van der Waals surface area contributed by atoms with Gasteiger partial charge in [0.15, 0.2) is 0 Å². The van der Waals surface area contributed by atoms with Gasteiger partial charge in [-0.1, -0.05) is 24.3 Å². The number of ether oxygens (including phenoxy) is 1. The van der Waals surface area contributed by atoms with Gasteiger partial charge in [0.25, 0.3) is 0 Å². The molecular weight excluding hydrogens is 280 g/mol. The van der Waals surface area contributed by atoms with Crippen molar-refractivity contribution < 1.29 is 14.3 Å². The molecule has 1 aliphatic carbocycles. The molecule has 5 heteroatoms. The molecule has 2 amide bonds. The van der Waals surface area contributed by atoms with Gasteiger partial charge in [0.1, 0.15) is 0 Å². The van der Waals surface area contributed by atoms with E-state index in [2.05, 4.69) is 22.8 Å². The lowest BCUT2D eigenvalue weighted by Crippen LogP contribution is -2.52. The zero-order valence-electron chi connectivity index (χ0n) is 13.7. The number of carbonyl (C=O) groups excluding carboxylic acids is 2. The Balaban J connectivity index is 1.96. The third-order valence-electron chi connectivity index (χ3n) is 3.84. The lowest BCUT2D eigenvalue weighted by molar-refractivity contribution is -0.140. The molecule has 120 valence electrons. The standard InChI is InChI=1S/C17H24N2O3/c1-16(2,3)19-15(21)14(20)18-11-17(22-4)9-12-7-5-6-8-13(12)10-17/h5-8H,9-11H2,1-4H3,(H,18,20)(H,19,21). The summed E-state index contributed by atoms with van der Waals surface area (Å²) in [6, 6.07) is 8.15. The third kappa shape index (κ3) is 3.85. The molecule has 0 unspecified atom stereocenters. The largest absolute Gasteiger partial charge is 0.376 e. The van der Waals surface area contributed by atoms with E-state index in [1.165, 1.54) is 11.1 Å². The smallest absolute Gasteiger partial charge is 0.309 e. The summed E-state index contributed by atoms with van der Waals surface area (Å²) in [7, 11) is 1.65. The Bertz CT molecular complexity index is 551. The lowest BCUT2D eigenvalue weighted by Gasteiger charge is -2.28. The Morgan fingerprint density at radius 3 is 2.14 bits per heavy atom. The molecule has 1 aromatic carbocycles. The highest BCUT2D eigenvalue weighted by atomic mass is 16.5. The van der Waals surface area contributed by atoms with E-state index < -0.39 is 23.0 Å². The summed E-state index contributed by atoms with van der Waals surface area (Å²) in [4.78, 5) is 23.7. The minimum Gasteiger partial charge on any atom is -0.376 e. The van der Waals surface area contributed by atoms with Crippen LogP contribution in [0.4, 0.5) is 0 Å². The number of hydrogen-bond acceptors (Lipinski definition) is 3. The van der Waals surface area contributed by atoms with Crippen LogP contribution in [0.5, 0.6) is 0 Å². The van der Waals surface area contributed by atoms with Crippen LogP contribution in [0, 0.1) is 0 Å². The van der Waals surface area contributed by atoms with Crippen molar-refractivity contribution in [3.8, 4) is 0 Å². The van der Waals surface area contributed by atoms with Gasteiger partial charge in [0.05, 0.1) is 5.60 Å². The van der Waals surface area contributed by atoms with E-state index in [4.69, 9.17) is 4.74 Å². The molecular formula is C17H24N2O3. The molecule has 0 atom stereocenters. The Labute approximate surface area is 131 Å². The molecule has 0 bridgehead atoms. The van der Waals surface area contributed by atoms with Gasteiger partial charge in [0, 0.05) is 32.0 Å². The number of methoxy groups -OCH3 is 1. The molecule has 0 aliphatic heterocycles. The first kappa shape index (κ1) is 16.5. The van der Waals surface area contributed by atoms with Crippen LogP contribution < -0.4 is 10.6 Å². The Morgan fingerprint density at radius 2 is 1.68 bits per heavy atom. The van der Waals surface area contributed by atoms with Gasteiger partial charge in [-0.05, 0) is 31.9 Å². The zero-order valence-corrected chi connectivity index (χ0v) is 13.7. The van der Waals surface area contributed by atoms with Crippen LogP contribution in [0.3, 0.4) is 0 Å². The SMILES string of the molecule is COC1(CNC(=O)C(=O)NC(C)(C)C)Cc2ccccc2C1. The maximum atomic E-state index is 11.9. The number of carbonyl (C=O) groups is 2. The van der Waals surface area contributed by atoms with Crippen molar-refractivity contribution in [3.63, 3.8) is 0 Å². The zero-order chi connectivity index (χ0) is 16.4. The molecule has 0 fully saturated rings. The summed E-state index contributed by atoms with van der Waals surface area (Å²) >= 11 is 0. The third-order valence-corrected chi connectivity index (χ3v) is 3.84. The predicted octanol–water partition coefficient (Wildman–Crippen LogP) is 1.20. The maximum Gasteiger partial charge on any atom is 0.309 e. The fraction of sp³-hybridized carbons (Fsp3) is 0.529. The lowest BCUT2D eigenvalue weighted by atomic mass is 10.00. The van der Waals surface area contributed by atoms with E-state index >= 15 is 0 Å². The van der Waals surface area contributed by atoms with Crippen molar-refractivity contribution in [3.05, 3.63) is 35.4 Å². The second-order valence-electron chi connectivity index (χ2n) is 6.90. The van der Waals surface area contributed by atoms with Crippen LogP contribution in [0.25, 0.3) is 0 Å². The second kappa shape index (κ2) is 6.08. The predicted molar refractivity (Wildman–Crippen MR) is 84.5 cm³/mol. The summed E-state index contributed by atoms with van der Waals surface area (Å²) in [5, 5.41) is 5.35. The van der Waals surface area contributed by atoms with Crippen molar-refractivity contribution >= 4 is 11.8 Å². The van der Waals surface area contributed by atoms with Crippen LogP contribution in [0.15, 0.2) is 24.3 Å². The maximum absolute atomic E-state index is 11.9. The fourth-order valence-corrected chi connectivity index (χ4v) is 2.72. The first-order valence-corrected chi connectivity index (χ1v) is 7.47. The molecule has 0 radical (unpaired) electrons. The van der Waals surface area contributed by atoms with Crippen LogP contribution in [-0.2, 0) is 27.2 Å². The van der Waals surface area contributed by atoms with Gasteiger partial charge in [-0.2, -0.15) is 0 Å². The van der Waals surface area contributed by atoms with Gasteiger partial charge in [-0.3, -0.25) is 9.59 Å². The van der Waals surface area contributed by atoms with Crippen molar-refractivity contribution in [2.45, 2.75) is 44.8 Å². The first-order chi connectivity index (χ1) is 10.2. The highest BCUT2D eigenvalue weighted by molar-refractivity contribution is 6.35. The minimum absolute atomic E-state index is 0.314. The molecule has 0 aromatic heterocycles. The van der Waals surface area contributed by atoms with E-state index in [9.17, 15) is 9.59 Å². The number of nitrogens with one attached hydrogen (secondary N) is 2. The van der Waals surface area contributed by atoms with Crippen molar-refractivity contribution in [1.82, 2.24) is 10.6 Å². The molecule has 2 rings (SSSR count). The summed E-state index contributed by atoms with van der Waals surface area (Å²) in [6.45, 7) is 5.82. The van der Waals surface area contributed by atoms with E-state index in [-0.39, 0.29) is 0 Å². The van der Waals surface area contributed by atoms with Crippen LogP contribution in [0.2, 0.25) is 0 Å². The molecule has 1 aliphatic rings. The molecule has 0 saturated heterocycles. The average molecular weight is 304 g/mol. The molecule has 0 saturated carbocycles. The van der Waals surface area contributed by atoms with Crippen molar-refractivity contribution in [2.75, 3.05) is 13.7 Å². The topological polar surface area (TPSA) is 67.4 Å². The van der Waals surface area contributed by atoms with E-state index in [1.807, 2.05) is 32.9 Å².